The van der Waals surface area contributed by atoms with Crippen molar-refractivity contribution in [1.29, 1.82) is 0 Å². The Kier molecular flexibility index (Phi) is 2.91. The zero-order valence-corrected chi connectivity index (χ0v) is 8.33. The van der Waals surface area contributed by atoms with Gasteiger partial charge in [-0.05, 0) is 12.8 Å². The molecule has 1 atom stereocenters. The summed E-state index contributed by atoms with van der Waals surface area (Å²) in [7, 11) is 0. The highest BCUT2D eigenvalue weighted by Crippen LogP contribution is 2.12. The van der Waals surface area contributed by atoms with Gasteiger partial charge in [0.05, 0.1) is 11.7 Å². The summed E-state index contributed by atoms with van der Waals surface area (Å²) in [6.45, 7) is 1.11. The third-order valence-corrected chi connectivity index (χ3v) is 2.49. The van der Waals surface area contributed by atoms with Crippen molar-refractivity contribution in [3.05, 3.63) is 24.3 Å². The molecule has 1 saturated heterocycles. The van der Waals surface area contributed by atoms with E-state index in [1.165, 1.54) is 18.7 Å². The van der Waals surface area contributed by atoms with E-state index in [0.29, 0.717) is 18.7 Å². The van der Waals surface area contributed by atoms with Crippen molar-refractivity contribution in [1.82, 2.24) is 14.9 Å². The fourth-order valence-electron chi connectivity index (χ4n) is 1.73. The van der Waals surface area contributed by atoms with Crippen LogP contribution < -0.4 is 0 Å². The van der Waals surface area contributed by atoms with E-state index in [4.69, 9.17) is 0 Å². The molecule has 0 aliphatic carbocycles. The summed E-state index contributed by atoms with van der Waals surface area (Å²) in [5.74, 6) is -0.102. The first-order chi connectivity index (χ1) is 7.27. The number of piperidine rings is 1. The molecule has 1 aromatic heterocycles. The monoisotopic (exact) mass is 207 g/mol. The Bertz CT molecular complexity index is 342. The molecule has 1 amide bonds. The first-order valence-corrected chi connectivity index (χ1v) is 5.00. The van der Waals surface area contributed by atoms with Crippen LogP contribution in [0.3, 0.4) is 0 Å². The van der Waals surface area contributed by atoms with Gasteiger partial charge in [-0.3, -0.25) is 4.79 Å². The molecule has 15 heavy (non-hydrogen) atoms. The second-order valence-corrected chi connectivity index (χ2v) is 3.67. The Balaban J connectivity index is 2.08. The van der Waals surface area contributed by atoms with Gasteiger partial charge in [-0.25, -0.2) is 9.97 Å². The zero-order valence-electron chi connectivity index (χ0n) is 8.33. The second kappa shape index (κ2) is 4.35. The number of aliphatic hydroxyl groups is 1. The van der Waals surface area contributed by atoms with Crippen LogP contribution in [0.4, 0.5) is 0 Å². The van der Waals surface area contributed by atoms with E-state index in [1.54, 1.807) is 4.90 Å². The minimum atomic E-state index is -0.396. The molecule has 1 unspecified atom stereocenters. The van der Waals surface area contributed by atoms with Crippen LogP contribution in [0.25, 0.3) is 0 Å². The van der Waals surface area contributed by atoms with Crippen molar-refractivity contribution in [2.75, 3.05) is 13.1 Å². The molecule has 5 heteroatoms. The molecule has 1 N–H and O–H groups in total. The molecule has 1 aromatic rings. The lowest BCUT2D eigenvalue weighted by Gasteiger charge is -2.29. The Morgan fingerprint density at radius 1 is 1.47 bits per heavy atom. The average Bonchev–Trinajstić information content (AvgIpc) is 2.29. The van der Waals surface area contributed by atoms with Gasteiger partial charge in [0.15, 0.2) is 0 Å². The van der Waals surface area contributed by atoms with E-state index in [9.17, 15) is 9.90 Å². The van der Waals surface area contributed by atoms with E-state index in [-0.39, 0.29) is 5.91 Å². The minimum Gasteiger partial charge on any atom is -0.391 e. The quantitative estimate of drug-likeness (QED) is 0.708. The lowest BCUT2D eigenvalue weighted by Crippen LogP contribution is -2.42. The molecule has 1 aliphatic heterocycles. The van der Waals surface area contributed by atoms with E-state index >= 15 is 0 Å². The van der Waals surface area contributed by atoms with E-state index in [2.05, 4.69) is 9.97 Å². The zero-order chi connectivity index (χ0) is 10.7. The largest absolute Gasteiger partial charge is 0.391 e. The molecule has 5 nitrogen and oxygen atoms in total. The molecule has 0 spiro atoms. The molecule has 0 saturated carbocycles. The predicted octanol–water partition coefficient (Wildman–Crippen LogP) is 0.0735. The molecule has 2 rings (SSSR count). The highest BCUT2D eigenvalue weighted by molar-refractivity contribution is 5.93. The summed E-state index contributed by atoms with van der Waals surface area (Å²) in [5, 5.41) is 9.45. The van der Waals surface area contributed by atoms with Crippen LogP contribution in [-0.4, -0.2) is 45.1 Å². The van der Waals surface area contributed by atoms with Gasteiger partial charge in [0.1, 0.15) is 6.33 Å². The molecule has 1 aliphatic rings. The van der Waals surface area contributed by atoms with Crippen molar-refractivity contribution in [2.45, 2.75) is 18.9 Å². The number of hydrogen-bond donors (Lipinski definition) is 1. The van der Waals surface area contributed by atoms with E-state index in [1.807, 2.05) is 0 Å². The number of rotatable bonds is 1. The smallest absolute Gasteiger partial charge is 0.257 e. The SMILES string of the molecule is O=C(c1cncnc1)N1CCCC(O)C1. The van der Waals surface area contributed by atoms with Gasteiger partial charge >= 0.3 is 0 Å². The van der Waals surface area contributed by atoms with Crippen LogP contribution in [0, 0.1) is 0 Å². The third-order valence-electron chi connectivity index (χ3n) is 2.49. The van der Waals surface area contributed by atoms with Gasteiger partial charge in [-0.15, -0.1) is 0 Å². The normalized spacial score (nSPS) is 21.4. The van der Waals surface area contributed by atoms with Crippen LogP contribution in [0.1, 0.15) is 23.2 Å². The third kappa shape index (κ3) is 2.30. The summed E-state index contributed by atoms with van der Waals surface area (Å²) in [4.78, 5) is 21.1. The number of amides is 1. The minimum absolute atomic E-state index is 0.102. The number of carbonyl (C=O) groups excluding carboxylic acids is 1. The van der Waals surface area contributed by atoms with Gasteiger partial charge in [-0.2, -0.15) is 0 Å². The van der Waals surface area contributed by atoms with E-state index < -0.39 is 6.10 Å². The number of likely N-dealkylation sites (tertiary alicyclic amines) is 1. The van der Waals surface area contributed by atoms with Crippen LogP contribution in [0.2, 0.25) is 0 Å². The number of aliphatic hydroxyl groups excluding tert-OH is 1. The lowest BCUT2D eigenvalue weighted by atomic mass is 10.1. The van der Waals surface area contributed by atoms with Gasteiger partial charge < -0.3 is 10.0 Å². The summed E-state index contributed by atoms with van der Waals surface area (Å²) >= 11 is 0. The Labute approximate surface area is 87.8 Å². The van der Waals surface area contributed by atoms with Gasteiger partial charge in [-0.1, -0.05) is 0 Å². The Morgan fingerprint density at radius 2 is 2.20 bits per heavy atom. The molecule has 1 fully saturated rings. The van der Waals surface area contributed by atoms with Crippen molar-refractivity contribution in [2.24, 2.45) is 0 Å². The molecular formula is C10H13N3O2. The predicted molar refractivity (Wildman–Crippen MR) is 53.2 cm³/mol. The number of carbonyl (C=O) groups is 1. The lowest BCUT2D eigenvalue weighted by molar-refractivity contribution is 0.0473. The van der Waals surface area contributed by atoms with Gasteiger partial charge in [0.2, 0.25) is 0 Å². The number of β-amino-alcohol motifs (C(OH)–C–C–N with tert-alkyl or cyclic N) is 1. The second-order valence-electron chi connectivity index (χ2n) is 3.67. The number of hydrogen-bond acceptors (Lipinski definition) is 4. The van der Waals surface area contributed by atoms with Crippen LogP contribution >= 0.6 is 0 Å². The first kappa shape index (κ1) is 10.0. The number of aromatic nitrogens is 2. The first-order valence-electron chi connectivity index (χ1n) is 5.00. The summed E-state index contributed by atoms with van der Waals surface area (Å²) in [6.07, 6.45) is 5.61. The molecule has 80 valence electrons. The fourth-order valence-corrected chi connectivity index (χ4v) is 1.73. The van der Waals surface area contributed by atoms with Crippen molar-refractivity contribution >= 4 is 5.91 Å². The fraction of sp³-hybridized carbons (Fsp3) is 0.500. The van der Waals surface area contributed by atoms with Gasteiger partial charge in [0.25, 0.3) is 5.91 Å². The highest BCUT2D eigenvalue weighted by Gasteiger charge is 2.23. The van der Waals surface area contributed by atoms with Crippen LogP contribution in [-0.2, 0) is 0 Å². The Hall–Kier alpha value is -1.49. The summed E-state index contributed by atoms with van der Waals surface area (Å²) < 4.78 is 0. The van der Waals surface area contributed by atoms with Crippen molar-refractivity contribution in [3.63, 3.8) is 0 Å². The Morgan fingerprint density at radius 3 is 2.87 bits per heavy atom. The van der Waals surface area contributed by atoms with Crippen molar-refractivity contribution in [3.8, 4) is 0 Å². The molecule has 2 heterocycles. The van der Waals surface area contributed by atoms with E-state index in [0.717, 1.165) is 12.8 Å². The summed E-state index contributed by atoms with van der Waals surface area (Å²) in [6, 6.07) is 0. The van der Waals surface area contributed by atoms with Gasteiger partial charge in [0, 0.05) is 25.5 Å². The molecule has 0 radical (unpaired) electrons. The maximum atomic E-state index is 11.9. The topological polar surface area (TPSA) is 66.3 Å². The molecule has 0 aromatic carbocycles. The summed E-state index contributed by atoms with van der Waals surface area (Å²) in [5.41, 5.74) is 0.478. The molecular weight excluding hydrogens is 194 g/mol. The average molecular weight is 207 g/mol. The number of nitrogens with zero attached hydrogens (tertiary/aromatic N) is 3. The van der Waals surface area contributed by atoms with Crippen LogP contribution in [0.15, 0.2) is 18.7 Å². The molecule has 0 bridgehead atoms. The van der Waals surface area contributed by atoms with Crippen LogP contribution in [0.5, 0.6) is 0 Å². The standard InChI is InChI=1S/C10H13N3O2/c14-9-2-1-3-13(6-9)10(15)8-4-11-7-12-5-8/h4-5,7,9,14H,1-3,6H2. The highest BCUT2D eigenvalue weighted by atomic mass is 16.3. The maximum absolute atomic E-state index is 11.9. The maximum Gasteiger partial charge on any atom is 0.257 e. The van der Waals surface area contributed by atoms with Crippen molar-refractivity contribution < 1.29 is 9.90 Å².